The zero-order valence-electron chi connectivity index (χ0n) is 10.3. The van der Waals surface area contributed by atoms with Crippen molar-refractivity contribution in [2.75, 3.05) is 13.2 Å². The zero-order chi connectivity index (χ0) is 14.3. The summed E-state index contributed by atoms with van der Waals surface area (Å²) in [6.45, 7) is 1.92. The molecule has 0 saturated carbocycles. The van der Waals surface area contributed by atoms with E-state index in [4.69, 9.17) is 10.3 Å². The maximum Gasteiger partial charge on any atom is 0.358 e. The molecule has 0 aliphatic heterocycles. The van der Waals surface area contributed by atoms with Crippen molar-refractivity contribution in [1.82, 2.24) is 4.98 Å². The summed E-state index contributed by atoms with van der Waals surface area (Å²) in [5.41, 5.74) is 9.52. The molecule has 2 unspecified atom stereocenters. The van der Waals surface area contributed by atoms with Crippen molar-refractivity contribution < 1.29 is 19.7 Å². The third-order valence-electron chi connectivity index (χ3n) is 2.28. The van der Waals surface area contributed by atoms with E-state index < -0.39 is 18.2 Å². The van der Waals surface area contributed by atoms with Crippen LogP contribution >= 0.6 is 11.3 Å². The molecule has 0 spiro atoms. The van der Waals surface area contributed by atoms with Gasteiger partial charge in [0.2, 0.25) is 0 Å². The number of carbonyl (C=O) groups is 1. The molecule has 19 heavy (non-hydrogen) atoms. The summed E-state index contributed by atoms with van der Waals surface area (Å²) in [5, 5.41) is 23.0. The maximum absolute atomic E-state index is 11.6. The fourth-order valence-corrected chi connectivity index (χ4v) is 2.20. The van der Waals surface area contributed by atoms with Crippen LogP contribution in [0.2, 0.25) is 0 Å². The maximum atomic E-state index is 11.6. The van der Waals surface area contributed by atoms with E-state index in [0.717, 1.165) is 11.3 Å². The number of hydrogen-bond donors (Lipinski definition) is 2. The van der Waals surface area contributed by atoms with Crippen LogP contribution in [0.4, 0.5) is 0 Å². The number of esters is 1. The SMILES string of the molecule is CCOC(=O)c1ncsc1C(O)C(O)CCN=[N+]=[N-]. The van der Waals surface area contributed by atoms with Crippen molar-refractivity contribution in [3.63, 3.8) is 0 Å². The van der Waals surface area contributed by atoms with E-state index in [1.807, 2.05) is 0 Å². The van der Waals surface area contributed by atoms with Crippen LogP contribution < -0.4 is 0 Å². The smallest absolute Gasteiger partial charge is 0.358 e. The minimum Gasteiger partial charge on any atom is -0.461 e. The summed E-state index contributed by atoms with van der Waals surface area (Å²) >= 11 is 1.05. The molecule has 0 fully saturated rings. The predicted molar refractivity (Wildman–Crippen MR) is 67.7 cm³/mol. The van der Waals surface area contributed by atoms with Gasteiger partial charge in [-0.15, -0.1) is 11.3 Å². The van der Waals surface area contributed by atoms with Gasteiger partial charge in [0, 0.05) is 11.5 Å². The molecule has 0 aliphatic carbocycles. The highest BCUT2D eigenvalue weighted by atomic mass is 32.1. The Kier molecular flexibility index (Phi) is 6.23. The molecular weight excluding hydrogens is 272 g/mol. The Bertz CT molecular complexity index is 472. The van der Waals surface area contributed by atoms with Gasteiger partial charge in [0.15, 0.2) is 5.69 Å². The molecule has 1 heterocycles. The molecule has 0 aromatic carbocycles. The first-order chi connectivity index (χ1) is 9.11. The Balaban J connectivity index is 2.76. The molecule has 0 amide bonds. The first-order valence-corrected chi connectivity index (χ1v) is 6.47. The predicted octanol–water partition coefficient (Wildman–Crippen LogP) is 1.41. The third kappa shape index (κ3) is 4.18. The van der Waals surface area contributed by atoms with Gasteiger partial charge in [0.25, 0.3) is 0 Å². The van der Waals surface area contributed by atoms with Gasteiger partial charge in [-0.2, -0.15) is 0 Å². The third-order valence-corrected chi connectivity index (χ3v) is 3.18. The minimum absolute atomic E-state index is 0.00202. The van der Waals surface area contributed by atoms with Crippen LogP contribution in [0.25, 0.3) is 10.4 Å². The Hall–Kier alpha value is -1.67. The van der Waals surface area contributed by atoms with Gasteiger partial charge in [0.1, 0.15) is 6.10 Å². The monoisotopic (exact) mass is 286 g/mol. The van der Waals surface area contributed by atoms with E-state index >= 15 is 0 Å². The van der Waals surface area contributed by atoms with Gasteiger partial charge < -0.3 is 14.9 Å². The number of thiazole rings is 1. The van der Waals surface area contributed by atoms with E-state index in [1.165, 1.54) is 5.51 Å². The number of hydrogen-bond acceptors (Lipinski definition) is 7. The molecule has 0 aliphatic rings. The molecule has 0 saturated heterocycles. The Labute approximate surface area is 113 Å². The average molecular weight is 286 g/mol. The van der Waals surface area contributed by atoms with E-state index in [2.05, 4.69) is 15.0 Å². The molecule has 1 rings (SSSR count). The van der Waals surface area contributed by atoms with Gasteiger partial charge in [-0.3, -0.25) is 0 Å². The number of azide groups is 1. The Morgan fingerprint density at radius 1 is 1.68 bits per heavy atom. The number of aliphatic hydroxyl groups is 2. The number of aromatic nitrogens is 1. The summed E-state index contributed by atoms with van der Waals surface area (Å²) in [6, 6.07) is 0. The molecule has 1 aromatic heterocycles. The van der Waals surface area contributed by atoms with Crippen LogP contribution in [0.1, 0.15) is 34.8 Å². The highest BCUT2D eigenvalue weighted by Crippen LogP contribution is 2.26. The zero-order valence-corrected chi connectivity index (χ0v) is 11.1. The normalized spacial score (nSPS) is 13.4. The van der Waals surface area contributed by atoms with Gasteiger partial charge in [-0.05, 0) is 18.9 Å². The molecule has 1 aromatic rings. The fraction of sp³-hybridized carbons (Fsp3) is 0.600. The van der Waals surface area contributed by atoms with E-state index in [9.17, 15) is 15.0 Å². The second-order valence-corrected chi connectivity index (χ2v) is 4.43. The highest BCUT2D eigenvalue weighted by Gasteiger charge is 2.26. The highest BCUT2D eigenvalue weighted by molar-refractivity contribution is 7.10. The van der Waals surface area contributed by atoms with Crippen molar-refractivity contribution >= 4 is 17.3 Å². The van der Waals surface area contributed by atoms with E-state index in [-0.39, 0.29) is 30.1 Å². The number of ether oxygens (including phenoxy) is 1. The first kappa shape index (κ1) is 15.4. The van der Waals surface area contributed by atoms with Crippen LogP contribution in [0.15, 0.2) is 10.6 Å². The summed E-state index contributed by atoms with van der Waals surface area (Å²) in [4.78, 5) is 18.2. The lowest BCUT2D eigenvalue weighted by Crippen LogP contribution is -2.21. The van der Waals surface area contributed by atoms with Gasteiger partial charge >= 0.3 is 5.97 Å². The van der Waals surface area contributed by atoms with Gasteiger partial charge in [-0.25, -0.2) is 9.78 Å². The lowest BCUT2D eigenvalue weighted by atomic mass is 10.1. The number of carbonyl (C=O) groups excluding carboxylic acids is 1. The summed E-state index contributed by atoms with van der Waals surface area (Å²) in [7, 11) is 0. The summed E-state index contributed by atoms with van der Waals surface area (Å²) < 4.78 is 4.80. The Morgan fingerprint density at radius 3 is 3.05 bits per heavy atom. The lowest BCUT2D eigenvalue weighted by Gasteiger charge is -2.16. The van der Waals surface area contributed by atoms with Crippen molar-refractivity contribution in [1.29, 1.82) is 0 Å². The molecule has 0 radical (unpaired) electrons. The van der Waals surface area contributed by atoms with Crippen LogP contribution in [0, 0.1) is 0 Å². The average Bonchev–Trinajstić information content (AvgIpc) is 2.87. The van der Waals surface area contributed by atoms with Gasteiger partial charge in [-0.1, -0.05) is 5.11 Å². The molecular formula is C10H14N4O4S. The van der Waals surface area contributed by atoms with Crippen molar-refractivity contribution in [3.05, 3.63) is 26.5 Å². The topological polar surface area (TPSA) is 128 Å². The van der Waals surface area contributed by atoms with E-state index in [0.29, 0.717) is 0 Å². The molecule has 9 heteroatoms. The van der Waals surface area contributed by atoms with Crippen LogP contribution in [0.5, 0.6) is 0 Å². The molecule has 8 nitrogen and oxygen atoms in total. The number of nitrogens with zero attached hydrogens (tertiary/aromatic N) is 4. The van der Waals surface area contributed by atoms with Crippen molar-refractivity contribution in [2.45, 2.75) is 25.6 Å². The molecule has 2 N–H and O–H groups in total. The largest absolute Gasteiger partial charge is 0.461 e. The summed E-state index contributed by atoms with van der Waals surface area (Å²) in [5.74, 6) is -0.639. The second kappa shape index (κ2) is 7.70. The van der Waals surface area contributed by atoms with Crippen molar-refractivity contribution in [2.24, 2.45) is 5.11 Å². The first-order valence-electron chi connectivity index (χ1n) is 5.59. The van der Waals surface area contributed by atoms with Crippen LogP contribution in [0.3, 0.4) is 0 Å². The molecule has 0 bridgehead atoms. The van der Waals surface area contributed by atoms with Gasteiger partial charge in [0.05, 0.1) is 23.1 Å². The Morgan fingerprint density at radius 2 is 2.42 bits per heavy atom. The number of aliphatic hydroxyl groups excluding tert-OH is 2. The van der Waals surface area contributed by atoms with Crippen LogP contribution in [-0.2, 0) is 4.74 Å². The molecule has 2 atom stereocenters. The van der Waals surface area contributed by atoms with E-state index in [1.54, 1.807) is 6.92 Å². The molecule has 104 valence electrons. The fourth-order valence-electron chi connectivity index (χ4n) is 1.39. The van der Waals surface area contributed by atoms with Crippen LogP contribution in [-0.4, -0.2) is 40.4 Å². The second-order valence-electron chi connectivity index (χ2n) is 3.54. The van der Waals surface area contributed by atoms with Crippen molar-refractivity contribution in [3.8, 4) is 0 Å². The lowest BCUT2D eigenvalue weighted by molar-refractivity contribution is 0.0156. The number of rotatable bonds is 7. The standard InChI is InChI=1S/C10H14N4O4S/c1-2-18-10(17)7-9(19-5-12-7)8(16)6(15)3-4-13-14-11/h5-6,8,15-16H,2-4H2,1H3. The summed E-state index contributed by atoms with van der Waals surface area (Å²) in [6.07, 6.45) is -2.31. The quantitative estimate of drug-likeness (QED) is 0.339. The minimum atomic E-state index is -1.26.